The van der Waals surface area contributed by atoms with Crippen molar-refractivity contribution in [1.82, 2.24) is 14.9 Å². The maximum absolute atomic E-state index is 11.7. The molecule has 0 aliphatic carbocycles. The van der Waals surface area contributed by atoms with Gasteiger partial charge in [0, 0.05) is 31.0 Å². The summed E-state index contributed by atoms with van der Waals surface area (Å²) in [5.74, 6) is 1.64. The molecule has 1 atom stereocenters. The normalized spacial score (nSPS) is 14.7. The molecule has 0 bridgehead atoms. The van der Waals surface area contributed by atoms with Crippen LogP contribution in [-0.2, 0) is 9.53 Å². The van der Waals surface area contributed by atoms with Crippen LogP contribution < -0.4 is 19.5 Å². The first-order chi connectivity index (χ1) is 17.9. The zero-order valence-corrected chi connectivity index (χ0v) is 22.6. The van der Waals surface area contributed by atoms with Gasteiger partial charge in [0.15, 0.2) is 11.5 Å². The van der Waals surface area contributed by atoms with Gasteiger partial charge in [0.1, 0.15) is 30.6 Å². The first-order valence-corrected chi connectivity index (χ1v) is 12.8. The number of fused-ring (bicyclic) bond motifs is 1. The SMILES string of the molecule is COc1cc(Nc2ncnc3cc(OCC(CN4CCCCC4)OC(C)=O)c(OC)cc23)c(Cl)cc1Cl. The van der Waals surface area contributed by atoms with E-state index in [4.69, 9.17) is 42.1 Å². The molecule has 1 fully saturated rings. The lowest BCUT2D eigenvalue weighted by Crippen LogP contribution is -2.40. The van der Waals surface area contributed by atoms with Gasteiger partial charge in [-0.25, -0.2) is 9.97 Å². The van der Waals surface area contributed by atoms with Crippen molar-refractivity contribution < 1.29 is 23.7 Å². The van der Waals surface area contributed by atoms with E-state index in [-0.39, 0.29) is 12.6 Å². The number of hydrogen-bond donors (Lipinski definition) is 1. The van der Waals surface area contributed by atoms with E-state index in [0.29, 0.717) is 56.2 Å². The van der Waals surface area contributed by atoms with Gasteiger partial charge >= 0.3 is 5.97 Å². The molecule has 4 rings (SSSR count). The topological polar surface area (TPSA) is 95.0 Å². The third-order valence-electron chi connectivity index (χ3n) is 6.08. The highest BCUT2D eigenvalue weighted by Crippen LogP contribution is 2.38. The number of hydrogen-bond acceptors (Lipinski definition) is 9. The summed E-state index contributed by atoms with van der Waals surface area (Å²) in [7, 11) is 3.09. The van der Waals surface area contributed by atoms with Gasteiger partial charge in [-0.3, -0.25) is 9.69 Å². The third kappa shape index (κ3) is 6.85. The summed E-state index contributed by atoms with van der Waals surface area (Å²) >= 11 is 12.6. The second-order valence-corrected chi connectivity index (χ2v) is 9.55. The van der Waals surface area contributed by atoms with E-state index in [9.17, 15) is 4.79 Å². The molecule has 11 heteroatoms. The van der Waals surface area contributed by atoms with Crippen molar-refractivity contribution in [2.45, 2.75) is 32.3 Å². The Balaban J connectivity index is 1.57. The van der Waals surface area contributed by atoms with E-state index in [0.717, 1.165) is 25.9 Å². The fourth-order valence-electron chi connectivity index (χ4n) is 4.32. The lowest BCUT2D eigenvalue weighted by Gasteiger charge is -2.30. The number of benzene rings is 2. The molecule has 0 saturated carbocycles. The molecule has 198 valence electrons. The highest BCUT2D eigenvalue weighted by molar-refractivity contribution is 6.37. The average Bonchev–Trinajstić information content (AvgIpc) is 2.88. The number of methoxy groups -OCH3 is 2. The number of carbonyl (C=O) groups excluding carboxylic acids is 1. The van der Waals surface area contributed by atoms with Crippen LogP contribution in [-0.4, -0.2) is 67.4 Å². The minimum Gasteiger partial charge on any atom is -0.495 e. The second-order valence-electron chi connectivity index (χ2n) is 8.74. The number of ether oxygens (including phenoxy) is 4. The van der Waals surface area contributed by atoms with E-state index in [1.54, 1.807) is 31.4 Å². The van der Waals surface area contributed by atoms with Crippen LogP contribution in [0.15, 0.2) is 30.6 Å². The molecule has 1 saturated heterocycles. The van der Waals surface area contributed by atoms with Gasteiger partial charge in [-0.1, -0.05) is 29.6 Å². The Morgan fingerprint density at radius 1 is 1.00 bits per heavy atom. The van der Waals surface area contributed by atoms with Gasteiger partial charge in [-0.2, -0.15) is 0 Å². The molecule has 1 N–H and O–H groups in total. The lowest BCUT2D eigenvalue weighted by atomic mass is 10.1. The predicted molar refractivity (Wildman–Crippen MR) is 144 cm³/mol. The lowest BCUT2D eigenvalue weighted by molar-refractivity contribution is -0.149. The van der Waals surface area contributed by atoms with Crippen LogP contribution in [0.4, 0.5) is 11.5 Å². The number of halogens is 2. The molecule has 1 aliphatic heterocycles. The van der Waals surface area contributed by atoms with Crippen LogP contribution in [0.5, 0.6) is 17.2 Å². The van der Waals surface area contributed by atoms with Crippen molar-refractivity contribution in [3.8, 4) is 17.2 Å². The Bertz CT molecular complexity index is 1250. The van der Waals surface area contributed by atoms with Crippen molar-refractivity contribution >= 4 is 51.6 Å². The first kappa shape index (κ1) is 27.0. The maximum atomic E-state index is 11.7. The molecule has 9 nitrogen and oxygen atoms in total. The van der Waals surface area contributed by atoms with Crippen LogP contribution in [0.25, 0.3) is 10.9 Å². The van der Waals surface area contributed by atoms with Gasteiger partial charge in [0.25, 0.3) is 0 Å². The van der Waals surface area contributed by atoms with Gasteiger partial charge in [0.2, 0.25) is 0 Å². The van der Waals surface area contributed by atoms with E-state index in [2.05, 4.69) is 20.2 Å². The van der Waals surface area contributed by atoms with Gasteiger partial charge in [0.05, 0.1) is 35.5 Å². The Hall–Kier alpha value is -3.01. The van der Waals surface area contributed by atoms with E-state index in [1.165, 1.54) is 26.8 Å². The van der Waals surface area contributed by atoms with Crippen LogP contribution in [0, 0.1) is 0 Å². The molecular weight excluding hydrogens is 519 g/mol. The molecule has 2 heterocycles. The largest absolute Gasteiger partial charge is 0.495 e. The standard InChI is InChI=1S/C26H30Cl2N4O5/c1-16(33)37-17(13-32-7-5-4-6-8-32)14-36-25-11-21-18(9-24(25)35-3)26(30-15-29-21)31-22-12-23(34-2)20(28)10-19(22)27/h9-12,15,17H,4-8,13-14H2,1-3H3,(H,29,30,31). The van der Waals surface area contributed by atoms with Crippen molar-refractivity contribution in [2.24, 2.45) is 0 Å². The molecule has 2 aromatic carbocycles. The summed E-state index contributed by atoms with van der Waals surface area (Å²) in [6.45, 7) is 4.21. The van der Waals surface area contributed by atoms with Crippen LogP contribution in [0.1, 0.15) is 26.2 Å². The summed E-state index contributed by atoms with van der Waals surface area (Å²) in [5.41, 5.74) is 1.20. The van der Waals surface area contributed by atoms with Gasteiger partial charge < -0.3 is 24.3 Å². The van der Waals surface area contributed by atoms with Crippen molar-refractivity contribution in [1.29, 1.82) is 0 Å². The molecule has 1 aromatic heterocycles. The van der Waals surface area contributed by atoms with Crippen LogP contribution in [0.2, 0.25) is 10.0 Å². The number of nitrogens with one attached hydrogen (secondary N) is 1. The molecule has 0 radical (unpaired) electrons. The number of rotatable bonds is 10. The van der Waals surface area contributed by atoms with Crippen molar-refractivity contribution in [2.75, 3.05) is 45.8 Å². The van der Waals surface area contributed by atoms with Gasteiger partial charge in [-0.15, -0.1) is 0 Å². The number of nitrogens with zero attached hydrogens (tertiary/aromatic N) is 3. The summed E-state index contributed by atoms with van der Waals surface area (Å²) in [6, 6.07) is 6.87. The Morgan fingerprint density at radius 2 is 1.76 bits per heavy atom. The molecule has 3 aromatic rings. The number of aromatic nitrogens is 2. The van der Waals surface area contributed by atoms with Crippen LogP contribution >= 0.6 is 23.2 Å². The van der Waals surface area contributed by atoms with E-state index in [1.807, 2.05) is 0 Å². The van der Waals surface area contributed by atoms with E-state index >= 15 is 0 Å². The number of likely N-dealkylation sites (tertiary alicyclic amines) is 1. The number of carbonyl (C=O) groups is 1. The number of piperidine rings is 1. The van der Waals surface area contributed by atoms with Crippen molar-refractivity contribution in [3.05, 3.63) is 40.6 Å². The fraction of sp³-hybridized carbons (Fsp3) is 0.423. The Labute approximate surface area is 226 Å². The smallest absolute Gasteiger partial charge is 0.303 e. The van der Waals surface area contributed by atoms with E-state index < -0.39 is 6.10 Å². The molecule has 0 spiro atoms. The summed E-state index contributed by atoms with van der Waals surface area (Å²) in [6.07, 6.45) is 4.57. The molecule has 1 unspecified atom stereocenters. The zero-order valence-electron chi connectivity index (χ0n) is 21.1. The average molecular weight is 549 g/mol. The molecule has 0 amide bonds. The van der Waals surface area contributed by atoms with Crippen molar-refractivity contribution in [3.63, 3.8) is 0 Å². The fourth-order valence-corrected chi connectivity index (χ4v) is 4.82. The second kappa shape index (κ2) is 12.5. The predicted octanol–water partition coefficient (Wildman–Crippen LogP) is 5.49. The first-order valence-electron chi connectivity index (χ1n) is 12.0. The zero-order chi connectivity index (χ0) is 26.4. The highest BCUT2D eigenvalue weighted by atomic mass is 35.5. The molecular formula is C26H30Cl2N4O5. The third-order valence-corrected chi connectivity index (χ3v) is 6.69. The quantitative estimate of drug-likeness (QED) is 0.329. The maximum Gasteiger partial charge on any atom is 0.303 e. The van der Waals surface area contributed by atoms with Gasteiger partial charge in [-0.05, 0) is 38.1 Å². The Kier molecular flexibility index (Phi) is 9.13. The number of esters is 1. The molecule has 37 heavy (non-hydrogen) atoms. The highest BCUT2D eigenvalue weighted by Gasteiger charge is 2.21. The Morgan fingerprint density at radius 3 is 2.46 bits per heavy atom. The number of anilines is 2. The molecule has 1 aliphatic rings. The van der Waals surface area contributed by atoms with Crippen LogP contribution in [0.3, 0.4) is 0 Å². The monoisotopic (exact) mass is 548 g/mol. The summed E-state index contributed by atoms with van der Waals surface area (Å²) in [4.78, 5) is 22.8. The summed E-state index contributed by atoms with van der Waals surface area (Å²) < 4.78 is 22.6. The summed E-state index contributed by atoms with van der Waals surface area (Å²) in [5, 5.41) is 4.74. The minimum atomic E-state index is -0.402. The minimum absolute atomic E-state index is 0.189.